The lowest BCUT2D eigenvalue weighted by Crippen LogP contribution is -2.23. The number of amides is 1. The smallest absolute Gasteiger partial charge is 0.404 e. The predicted octanol–water partition coefficient (Wildman–Crippen LogP) is 2.32. The van der Waals surface area contributed by atoms with Crippen LogP contribution in [0.25, 0.3) is 10.9 Å². The molecule has 0 spiro atoms. The molecule has 0 atom stereocenters. The Bertz CT molecular complexity index is 677. The van der Waals surface area contributed by atoms with E-state index in [0.717, 1.165) is 15.8 Å². The Morgan fingerprint density at radius 2 is 2.17 bits per heavy atom. The normalized spacial score (nSPS) is 13.9. The number of rotatable bonds is 1. The summed E-state index contributed by atoms with van der Waals surface area (Å²) < 4.78 is 12.8. The molecule has 1 aliphatic heterocycles. The molecule has 0 unspecified atom stereocenters. The number of carbonyl (C=O) groups excluding carboxylic acids is 1. The van der Waals surface area contributed by atoms with E-state index in [-0.39, 0.29) is 12.2 Å². The van der Waals surface area contributed by atoms with E-state index < -0.39 is 12.1 Å². The van der Waals surface area contributed by atoms with Crippen LogP contribution in [0, 0.1) is 0 Å². The van der Waals surface area contributed by atoms with Gasteiger partial charge in [-0.3, -0.25) is 4.90 Å². The van der Waals surface area contributed by atoms with Crippen LogP contribution in [0.2, 0.25) is 0 Å². The van der Waals surface area contributed by atoms with Gasteiger partial charge in [-0.1, -0.05) is 0 Å². The summed E-state index contributed by atoms with van der Waals surface area (Å²) in [6.07, 6.45) is -0.957. The van der Waals surface area contributed by atoms with Crippen LogP contribution in [0.1, 0.15) is 16.1 Å². The Labute approximate surface area is 101 Å². The molecule has 18 heavy (non-hydrogen) atoms. The first kappa shape index (κ1) is 10.8. The van der Waals surface area contributed by atoms with Gasteiger partial charge in [0.1, 0.15) is 5.69 Å². The number of aromatic carboxylic acids is 1. The molecular weight excluding hydrogens is 239 g/mol. The van der Waals surface area contributed by atoms with E-state index in [1.807, 2.05) is 0 Å². The Balaban J connectivity index is 2.21. The maximum Gasteiger partial charge on any atom is 0.404 e. The van der Waals surface area contributed by atoms with E-state index in [4.69, 9.17) is 5.11 Å². The highest BCUT2D eigenvalue weighted by molar-refractivity contribution is 6.00. The molecule has 1 aromatic carbocycles. The first-order chi connectivity index (χ1) is 8.58. The summed E-state index contributed by atoms with van der Waals surface area (Å²) in [6, 6.07) is 4.80. The molecule has 2 aromatic rings. The van der Waals surface area contributed by atoms with Crippen LogP contribution < -0.4 is 4.90 Å². The molecule has 0 fully saturated rings. The molecule has 1 amide bonds. The zero-order valence-electron chi connectivity index (χ0n) is 9.24. The van der Waals surface area contributed by atoms with Crippen molar-refractivity contribution in [1.82, 2.24) is 4.98 Å². The minimum absolute atomic E-state index is 0.0865. The van der Waals surface area contributed by atoms with Crippen molar-refractivity contribution in [1.29, 1.82) is 0 Å². The average molecular weight is 248 g/mol. The van der Waals surface area contributed by atoms with Gasteiger partial charge in [0, 0.05) is 17.4 Å². The predicted molar refractivity (Wildman–Crippen MR) is 62.8 cm³/mol. The molecule has 0 saturated heterocycles. The Morgan fingerprint density at radius 3 is 2.83 bits per heavy atom. The Kier molecular flexibility index (Phi) is 2.13. The van der Waals surface area contributed by atoms with Gasteiger partial charge in [0.05, 0.1) is 5.69 Å². The summed E-state index contributed by atoms with van der Waals surface area (Å²) in [5.41, 5.74) is 2.09. The molecule has 2 heterocycles. The third-order valence-electron chi connectivity index (χ3n) is 3.21. The van der Waals surface area contributed by atoms with Crippen molar-refractivity contribution in [3.05, 3.63) is 29.5 Å². The Morgan fingerprint density at radius 1 is 1.39 bits per heavy atom. The number of hydrogen-bond donors (Lipinski definition) is 2. The number of benzene rings is 1. The van der Waals surface area contributed by atoms with E-state index in [9.17, 15) is 14.0 Å². The number of carboxylic acids is 1. The maximum atomic E-state index is 12.8. The van der Waals surface area contributed by atoms with Crippen molar-refractivity contribution in [3.8, 4) is 0 Å². The van der Waals surface area contributed by atoms with Crippen LogP contribution in [0.4, 0.5) is 14.9 Å². The molecule has 5 nitrogen and oxygen atoms in total. The minimum atomic E-state index is -1.48. The van der Waals surface area contributed by atoms with Crippen LogP contribution in [-0.4, -0.2) is 28.8 Å². The number of halogens is 1. The number of carbonyl (C=O) groups is 2. The minimum Gasteiger partial charge on any atom is -0.477 e. The molecule has 0 aliphatic carbocycles. The van der Waals surface area contributed by atoms with Crippen molar-refractivity contribution < 1.29 is 19.1 Å². The van der Waals surface area contributed by atoms with Gasteiger partial charge in [0.15, 0.2) is 0 Å². The molecule has 1 aromatic heterocycles. The lowest BCUT2D eigenvalue weighted by atomic mass is 10.1. The third-order valence-corrected chi connectivity index (χ3v) is 3.21. The third kappa shape index (κ3) is 1.38. The molecule has 92 valence electrons. The van der Waals surface area contributed by atoms with Crippen LogP contribution in [0.3, 0.4) is 0 Å². The summed E-state index contributed by atoms with van der Waals surface area (Å²) in [6.45, 7) is 0.289. The highest BCUT2D eigenvalue weighted by atomic mass is 19.1. The van der Waals surface area contributed by atoms with Gasteiger partial charge >= 0.3 is 12.1 Å². The number of H-pyrrole nitrogens is 1. The van der Waals surface area contributed by atoms with Crippen LogP contribution in [0.15, 0.2) is 18.2 Å². The fraction of sp³-hybridized carbons (Fsp3) is 0.167. The van der Waals surface area contributed by atoms with Gasteiger partial charge in [-0.05, 0) is 30.2 Å². The van der Waals surface area contributed by atoms with Gasteiger partial charge in [-0.25, -0.2) is 9.59 Å². The summed E-state index contributed by atoms with van der Waals surface area (Å²) in [4.78, 5) is 25.5. The molecular formula is C12H9FN2O3. The zero-order valence-corrected chi connectivity index (χ0v) is 9.24. The molecule has 0 bridgehead atoms. The average Bonchev–Trinajstić information content (AvgIpc) is 2.91. The quantitative estimate of drug-likeness (QED) is 0.600. The van der Waals surface area contributed by atoms with Gasteiger partial charge in [0.2, 0.25) is 0 Å². The monoisotopic (exact) mass is 248 g/mol. The van der Waals surface area contributed by atoms with Gasteiger partial charge < -0.3 is 10.1 Å². The van der Waals surface area contributed by atoms with Crippen molar-refractivity contribution in [2.45, 2.75) is 6.42 Å². The number of carboxylic acid groups (broad SMARTS) is 1. The molecule has 6 heteroatoms. The van der Waals surface area contributed by atoms with E-state index in [1.54, 1.807) is 12.1 Å². The second-order valence-corrected chi connectivity index (χ2v) is 4.17. The fourth-order valence-corrected chi connectivity index (χ4v) is 2.41. The van der Waals surface area contributed by atoms with Crippen molar-refractivity contribution >= 4 is 28.7 Å². The zero-order chi connectivity index (χ0) is 12.9. The Hall–Kier alpha value is -2.37. The summed E-state index contributed by atoms with van der Waals surface area (Å²) in [7, 11) is 0. The van der Waals surface area contributed by atoms with E-state index in [2.05, 4.69) is 4.98 Å². The van der Waals surface area contributed by atoms with Gasteiger partial charge in [-0.15, -0.1) is 4.39 Å². The largest absolute Gasteiger partial charge is 0.477 e. The summed E-state index contributed by atoms with van der Waals surface area (Å²) in [5.74, 6) is -1.05. The number of nitrogens with zero attached hydrogens (tertiary/aromatic N) is 1. The van der Waals surface area contributed by atoms with Crippen molar-refractivity contribution in [2.75, 3.05) is 11.4 Å². The van der Waals surface area contributed by atoms with Crippen molar-refractivity contribution in [3.63, 3.8) is 0 Å². The number of hydrogen-bond acceptors (Lipinski definition) is 2. The highest BCUT2D eigenvalue weighted by Gasteiger charge is 2.26. The number of nitrogens with one attached hydrogen (secondary N) is 1. The fourth-order valence-electron chi connectivity index (χ4n) is 2.41. The second kappa shape index (κ2) is 3.56. The van der Waals surface area contributed by atoms with Gasteiger partial charge in [0.25, 0.3) is 0 Å². The van der Waals surface area contributed by atoms with E-state index in [0.29, 0.717) is 17.6 Å². The van der Waals surface area contributed by atoms with Crippen LogP contribution in [-0.2, 0) is 6.42 Å². The maximum absolute atomic E-state index is 12.8. The SMILES string of the molecule is O=C(O)c1cc2c3c(ccc2[nH]1)N(C(=O)F)CC3. The second-order valence-electron chi connectivity index (χ2n) is 4.17. The molecule has 0 saturated carbocycles. The lowest BCUT2D eigenvalue weighted by molar-refractivity contribution is 0.0691. The lowest BCUT2D eigenvalue weighted by Gasteiger charge is -2.11. The first-order valence-electron chi connectivity index (χ1n) is 5.43. The number of aromatic amines is 1. The molecule has 3 rings (SSSR count). The van der Waals surface area contributed by atoms with Gasteiger partial charge in [-0.2, -0.15) is 0 Å². The van der Waals surface area contributed by atoms with E-state index in [1.165, 1.54) is 6.07 Å². The molecule has 2 N–H and O–H groups in total. The number of fused-ring (bicyclic) bond motifs is 3. The molecule has 1 aliphatic rings. The van der Waals surface area contributed by atoms with Crippen molar-refractivity contribution in [2.24, 2.45) is 0 Å². The summed E-state index contributed by atoms with van der Waals surface area (Å²) >= 11 is 0. The standard InChI is InChI=1S/C12H9FN2O3/c13-12(18)15-4-3-6-7-5-9(11(16)17)14-8(7)1-2-10(6)15/h1-2,5,14H,3-4H2,(H,16,17). The molecule has 0 radical (unpaired) electrons. The number of anilines is 1. The van der Waals surface area contributed by atoms with Crippen LogP contribution >= 0.6 is 0 Å². The summed E-state index contributed by atoms with van der Waals surface area (Å²) in [5, 5.41) is 9.65. The highest BCUT2D eigenvalue weighted by Crippen LogP contribution is 2.35. The van der Waals surface area contributed by atoms with E-state index >= 15 is 0 Å². The van der Waals surface area contributed by atoms with Crippen LogP contribution in [0.5, 0.6) is 0 Å². The topological polar surface area (TPSA) is 73.4 Å². The first-order valence-corrected chi connectivity index (χ1v) is 5.43. The number of aromatic nitrogens is 1.